The predicted octanol–water partition coefficient (Wildman–Crippen LogP) is -2.96. The number of aromatic amines is 1. The van der Waals surface area contributed by atoms with Crippen molar-refractivity contribution in [1.29, 1.82) is 0 Å². The smallest absolute Gasteiger partial charge is 0.326 e. The van der Waals surface area contributed by atoms with Crippen molar-refractivity contribution >= 4 is 41.4 Å². The highest BCUT2D eigenvalue weighted by Gasteiger charge is 2.31. The number of H-pyrrole nitrogens is 1. The van der Waals surface area contributed by atoms with Crippen LogP contribution in [0.2, 0.25) is 0 Å². The molecule has 14 nitrogen and oxygen atoms in total. The molecule has 4 unspecified atom stereocenters. The van der Waals surface area contributed by atoms with Gasteiger partial charge in [0.1, 0.15) is 18.1 Å². The zero-order valence-corrected chi connectivity index (χ0v) is 18.6. The quantitative estimate of drug-likeness (QED) is 0.124. The Hall–Kier alpha value is -3.17. The molecule has 0 spiro atoms. The lowest BCUT2D eigenvalue weighted by Crippen LogP contribution is -2.58. The molecule has 1 aromatic rings. The van der Waals surface area contributed by atoms with Crippen LogP contribution in [0.15, 0.2) is 12.5 Å². The van der Waals surface area contributed by atoms with Gasteiger partial charge in [-0.2, -0.15) is 11.8 Å². The van der Waals surface area contributed by atoms with Crippen molar-refractivity contribution in [2.75, 3.05) is 18.6 Å². The van der Waals surface area contributed by atoms with Crippen LogP contribution in [-0.2, 0) is 30.4 Å². The highest BCUT2D eigenvalue weighted by atomic mass is 32.2. The average molecular weight is 489 g/mol. The van der Waals surface area contributed by atoms with Gasteiger partial charge in [-0.15, -0.1) is 0 Å². The molecule has 0 aliphatic rings. The van der Waals surface area contributed by atoms with E-state index in [1.165, 1.54) is 24.3 Å². The lowest BCUT2D eigenvalue weighted by Gasteiger charge is -2.23. The topological polar surface area (TPSA) is 237 Å². The Balaban J connectivity index is 2.85. The van der Waals surface area contributed by atoms with E-state index < -0.39 is 66.9 Å². The molecule has 0 saturated heterocycles. The maximum Gasteiger partial charge on any atom is 0.326 e. The molecule has 0 saturated carbocycles. The van der Waals surface area contributed by atoms with Crippen molar-refractivity contribution in [3.8, 4) is 0 Å². The van der Waals surface area contributed by atoms with Crippen molar-refractivity contribution in [1.82, 2.24) is 25.9 Å². The van der Waals surface area contributed by atoms with Crippen molar-refractivity contribution in [2.45, 2.75) is 43.4 Å². The van der Waals surface area contributed by atoms with E-state index in [0.29, 0.717) is 17.9 Å². The van der Waals surface area contributed by atoms with E-state index >= 15 is 0 Å². The molecule has 184 valence electrons. The Morgan fingerprint density at radius 1 is 1.06 bits per heavy atom. The maximum absolute atomic E-state index is 12.6. The first-order chi connectivity index (χ1) is 15.6. The Morgan fingerprint density at radius 3 is 2.18 bits per heavy atom. The first-order valence-corrected chi connectivity index (χ1v) is 11.2. The van der Waals surface area contributed by atoms with Crippen LogP contribution in [0.25, 0.3) is 0 Å². The van der Waals surface area contributed by atoms with Crippen LogP contribution < -0.4 is 21.7 Å². The Kier molecular flexibility index (Phi) is 11.9. The van der Waals surface area contributed by atoms with Gasteiger partial charge in [-0.25, -0.2) is 9.78 Å². The number of nitrogens with one attached hydrogen (secondary N) is 4. The third-order valence-corrected chi connectivity index (χ3v) is 5.03. The van der Waals surface area contributed by atoms with Crippen molar-refractivity contribution in [2.24, 2.45) is 5.73 Å². The molecule has 3 amide bonds. The average Bonchev–Trinajstić information content (AvgIpc) is 3.27. The second-order valence-electron chi connectivity index (χ2n) is 6.97. The van der Waals surface area contributed by atoms with E-state index in [1.54, 1.807) is 0 Å². The van der Waals surface area contributed by atoms with Crippen molar-refractivity contribution in [3.05, 3.63) is 18.2 Å². The van der Waals surface area contributed by atoms with Gasteiger partial charge in [0.25, 0.3) is 0 Å². The number of nitrogens with zero attached hydrogens (tertiary/aromatic N) is 1. The van der Waals surface area contributed by atoms with Crippen LogP contribution in [0.1, 0.15) is 18.5 Å². The number of thioether (sulfide) groups is 1. The molecule has 33 heavy (non-hydrogen) atoms. The Labute approximate surface area is 193 Å². The summed E-state index contributed by atoms with van der Waals surface area (Å²) >= 11 is 1.47. The molecule has 1 rings (SSSR count). The second kappa shape index (κ2) is 14.1. The number of hydrogen-bond acceptors (Lipinski definition) is 9. The standard InChI is InChI=1S/C18H28N6O8S/c1-33-3-2-10(19)15(28)24-13(7-25)17(30)22-11(5-14(26)27)16(29)23-12(18(31)32)4-9-6-20-8-21-9/h6,8,10-13,25H,2-5,7,19H2,1H3,(H,20,21)(H,22,30)(H,23,29)(H,24,28)(H,26,27)(H,31,32). The first kappa shape index (κ1) is 27.9. The van der Waals surface area contributed by atoms with E-state index in [4.69, 9.17) is 10.8 Å². The molecule has 1 heterocycles. The zero-order chi connectivity index (χ0) is 25.0. The number of carbonyl (C=O) groups is 5. The lowest BCUT2D eigenvalue weighted by molar-refractivity contribution is -0.143. The lowest BCUT2D eigenvalue weighted by atomic mass is 10.1. The largest absolute Gasteiger partial charge is 0.481 e. The minimum absolute atomic E-state index is 0.169. The van der Waals surface area contributed by atoms with E-state index in [-0.39, 0.29) is 6.42 Å². The minimum atomic E-state index is -1.67. The molecule has 0 radical (unpaired) electrons. The molecule has 0 aromatic carbocycles. The van der Waals surface area contributed by atoms with Gasteiger partial charge in [-0.1, -0.05) is 0 Å². The summed E-state index contributed by atoms with van der Waals surface area (Å²) in [5.74, 6) is -5.06. The number of carboxylic acid groups (broad SMARTS) is 2. The van der Waals surface area contributed by atoms with Gasteiger partial charge in [-0.3, -0.25) is 19.2 Å². The van der Waals surface area contributed by atoms with Gasteiger partial charge >= 0.3 is 11.9 Å². The molecule has 1 aromatic heterocycles. The number of amides is 3. The molecule has 9 N–H and O–H groups in total. The van der Waals surface area contributed by atoms with Crippen LogP contribution >= 0.6 is 11.8 Å². The number of aromatic nitrogens is 2. The third kappa shape index (κ3) is 9.88. The summed E-state index contributed by atoms with van der Waals surface area (Å²) in [6.07, 6.45) is 3.79. The summed E-state index contributed by atoms with van der Waals surface area (Å²) in [7, 11) is 0. The molecule has 0 fully saturated rings. The number of carboxylic acids is 2. The van der Waals surface area contributed by atoms with Gasteiger partial charge in [0, 0.05) is 18.3 Å². The minimum Gasteiger partial charge on any atom is -0.481 e. The Morgan fingerprint density at radius 2 is 1.67 bits per heavy atom. The van der Waals surface area contributed by atoms with E-state index in [9.17, 15) is 34.2 Å². The van der Waals surface area contributed by atoms with Crippen molar-refractivity contribution < 1.29 is 39.3 Å². The van der Waals surface area contributed by atoms with Gasteiger partial charge in [0.05, 0.1) is 25.4 Å². The number of carbonyl (C=O) groups excluding carboxylic acids is 3. The third-order valence-electron chi connectivity index (χ3n) is 4.39. The van der Waals surface area contributed by atoms with Crippen LogP contribution in [0.5, 0.6) is 0 Å². The van der Waals surface area contributed by atoms with E-state index in [2.05, 4.69) is 25.9 Å². The zero-order valence-electron chi connectivity index (χ0n) is 17.8. The van der Waals surface area contributed by atoms with Crippen LogP contribution in [0.3, 0.4) is 0 Å². The Bertz CT molecular complexity index is 821. The highest BCUT2D eigenvalue weighted by Crippen LogP contribution is 2.03. The number of imidazole rings is 1. The fourth-order valence-corrected chi connectivity index (χ4v) is 3.08. The SMILES string of the molecule is CSCCC(N)C(=O)NC(CO)C(=O)NC(CC(=O)O)C(=O)NC(Cc1cnc[nH]1)C(=O)O. The maximum atomic E-state index is 12.6. The number of nitrogens with two attached hydrogens (primary N) is 1. The van der Waals surface area contributed by atoms with E-state index in [0.717, 1.165) is 0 Å². The van der Waals surface area contributed by atoms with Crippen LogP contribution in [0.4, 0.5) is 0 Å². The van der Waals surface area contributed by atoms with Crippen LogP contribution in [0, 0.1) is 0 Å². The van der Waals surface area contributed by atoms with Gasteiger partial charge in [-0.05, 0) is 18.4 Å². The molecule has 0 aliphatic heterocycles. The van der Waals surface area contributed by atoms with Gasteiger partial charge in [0.2, 0.25) is 17.7 Å². The number of aliphatic carboxylic acids is 2. The number of aliphatic hydroxyl groups is 1. The number of rotatable bonds is 15. The summed E-state index contributed by atoms with van der Waals surface area (Å²) in [6.45, 7) is -0.841. The van der Waals surface area contributed by atoms with E-state index in [1.807, 2.05) is 6.26 Å². The summed E-state index contributed by atoms with van der Waals surface area (Å²) in [4.78, 5) is 66.3. The summed E-state index contributed by atoms with van der Waals surface area (Å²) in [5.41, 5.74) is 6.12. The molecule has 0 aliphatic carbocycles. The van der Waals surface area contributed by atoms with Crippen molar-refractivity contribution in [3.63, 3.8) is 0 Å². The fraction of sp³-hybridized carbons (Fsp3) is 0.556. The molecule has 4 atom stereocenters. The number of hydrogen-bond donors (Lipinski definition) is 8. The first-order valence-electron chi connectivity index (χ1n) is 9.77. The molecular formula is C18H28N6O8S. The number of aliphatic hydroxyl groups excluding tert-OH is 1. The molecule has 0 bridgehead atoms. The molecule has 15 heteroatoms. The van der Waals surface area contributed by atoms with Gasteiger partial charge in [0.15, 0.2) is 0 Å². The van der Waals surface area contributed by atoms with Crippen LogP contribution in [-0.4, -0.2) is 97.7 Å². The summed E-state index contributed by atoms with van der Waals surface area (Å²) < 4.78 is 0. The summed E-state index contributed by atoms with van der Waals surface area (Å²) in [6, 6.07) is -5.54. The fourth-order valence-electron chi connectivity index (χ4n) is 2.59. The second-order valence-corrected chi connectivity index (χ2v) is 7.96. The normalized spacial score (nSPS) is 14.4. The molecular weight excluding hydrogens is 460 g/mol. The predicted molar refractivity (Wildman–Crippen MR) is 116 cm³/mol. The highest BCUT2D eigenvalue weighted by molar-refractivity contribution is 7.98. The summed E-state index contributed by atoms with van der Waals surface area (Å²) in [5, 5.41) is 34.5. The van der Waals surface area contributed by atoms with Gasteiger partial charge < -0.3 is 42.0 Å². The monoisotopic (exact) mass is 488 g/mol.